The summed E-state index contributed by atoms with van der Waals surface area (Å²) >= 11 is 12.1. The lowest BCUT2D eigenvalue weighted by atomic mass is 9.92. The third kappa shape index (κ3) is 3.26. The third-order valence-electron chi connectivity index (χ3n) is 3.01. The number of hydrogen-bond donors (Lipinski definition) is 1. The maximum Gasteiger partial charge on any atom is 0.0456 e. The van der Waals surface area contributed by atoms with E-state index in [1.54, 1.807) is 6.07 Å². The molecule has 2 N–H and O–H groups in total. The molecule has 0 saturated heterocycles. The smallest absolute Gasteiger partial charge is 0.0456 e. The summed E-state index contributed by atoms with van der Waals surface area (Å²) in [6.45, 7) is 0.566. The molecule has 0 radical (unpaired) electrons. The van der Waals surface area contributed by atoms with Gasteiger partial charge in [0.1, 0.15) is 0 Å². The van der Waals surface area contributed by atoms with Crippen LogP contribution in [0.4, 0.5) is 0 Å². The fourth-order valence-electron chi connectivity index (χ4n) is 2.05. The second-order valence-corrected chi connectivity index (χ2v) is 5.13. The average molecular weight is 280 g/mol. The summed E-state index contributed by atoms with van der Waals surface area (Å²) in [5.41, 5.74) is 8.19. The van der Waals surface area contributed by atoms with Gasteiger partial charge in [-0.2, -0.15) is 0 Å². The van der Waals surface area contributed by atoms with Crippen LogP contribution in [0.3, 0.4) is 0 Å². The van der Waals surface area contributed by atoms with Crippen molar-refractivity contribution in [2.24, 2.45) is 5.73 Å². The molecule has 94 valence electrons. The van der Waals surface area contributed by atoms with Crippen molar-refractivity contribution in [3.05, 3.63) is 69.7 Å². The fourth-order valence-corrected chi connectivity index (χ4v) is 2.61. The number of hydrogen-bond acceptors (Lipinski definition) is 1. The van der Waals surface area contributed by atoms with Gasteiger partial charge in [-0.3, -0.25) is 0 Å². The Labute approximate surface area is 118 Å². The molecule has 0 fully saturated rings. The molecule has 3 heteroatoms. The highest BCUT2D eigenvalue weighted by Crippen LogP contribution is 2.29. The van der Waals surface area contributed by atoms with Crippen LogP contribution in [0.2, 0.25) is 10.0 Å². The summed E-state index contributed by atoms with van der Waals surface area (Å²) in [5.74, 6) is 0.220. The summed E-state index contributed by atoms with van der Waals surface area (Å²) in [5, 5.41) is 1.34. The van der Waals surface area contributed by atoms with Crippen molar-refractivity contribution in [3.63, 3.8) is 0 Å². The minimum atomic E-state index is 0.220. The number of nitrogens with two attached hydrogens (primary N) is 1. The van der Waals surface area contributed by atoms with E-state index in [1.807, 2.05) is 30.3 Å². The lowest BCUT2D eigenvalue weighted by molar-refractivity contribution is 0.694. The van der Waals surface area contributed by atoms with E-state index in [9.17, 15) is 0 Å². The zero-order valence-electron chi connectivity index (χ0n) is 9.94. The van der Waals surface area contributed by atoms with Crippen LogP contribution in [-0.2, 0) is 6.42 Å². The molecule has 1 nitrogen and oxygen atoms in total. The topological polar surface area (TPSA) is 26.0 Å². The Morgan fingerprint density at radius 2 is 1.72 bits per heavy atom. The highest BCUT2D eigenvalue weighted by molar-refractivity contribution is 6.35. The highest BCUT2D eigenvalue weighted by atomic mass is 35.5. The highest BCUT2D eigenvalue weighted by Gasteiger charge is 2.14. The predicted molar refractivity (Wildman–Crippen MR) is 78.4 cm³/mol. The van der Waals surface area contributed by atoms with E-state index >= 15 is 0 Å². The quantitative estimate of drug-likeness (QED) is 0.888. The molecule has 2 aromatic rings. The predicted octanol–water partition coefficient (Wildman–Crippen LogP) is 4.28. The van der Waals surface area contributed by atoms with Crippen molar-refractivity contribution in [3.8, 4) is 0 Å². The fraction of sp³-hybridized carbons (Fsp3) is 0.200. The number of benzene rings is 2. The van der Waals surface area contributed by atoms with E-state index in [1.165, 1.54) is 5.56 Å². The van der Waals surface area contributed by atoms with Crippen LogP contribution in [0.25, 0.3) is 0 Å². The molecule has 0 spiro atoms. The Bertz CT molecular complexity index is 511. The SMILES string of the molecule is NCC(Cc1ccccc1)c1ccc(Cl)cc1Cl. The Morgan fingerprint density at radius 3 is 2.33 bits per heavy atom. The van der Waals surface area contributed by atoms with Crippen molar-refractivity contribution in [2.45, 2.75) is 12.3 Å². The summed E-state index contributed by atoms with van der Waals surface area (Å²) in [7, 11) is 0. The Kier molecular flexibility index (Phi) is 4.65. The summed E-state index contributed by atoms with van der Waals surface area (Å²) < 4.78 is 0. The largest absolute Gasteiger partial charge is 0.330 e. The standard InChI is InChI=1S/C15H15Cl2N/c16-13-6-7-14(15(17)9-13)12(10-18)8-11-4-2-1-3-5-11/h1-7,9,12H,8,10,18H2. The third-order valence-corrected chi connectivity index (χ3v) is 3.57. The maximum absolute atomic E-state index is 6.23. The second kappa shape index (κ2) is 6.24. The second-order valence-electron chi connectivity index (χ2n) is 4.29. The first-order chi connectivity index (χ1) is 8.70. The van der Waals surface area contributed by atoms with Crippen LogP contribution in [0, 0.1) is 0 Å². The van der Waals surface area contributed by atoms with Gasteiger partial charge in [-0.05, 0) is 36.2 Å². The van der Waals surface area contributed by atoms with Gasteiger partial charge in [-0.25, -0.2) is 0 Å². The van der Waals surface area contributed by atoms with Crippen LogP contribution in [0.1, 0.15) is 17.0 Å². The molecule has 18 heavy (non-hydrogen) atoms. The molecule has 2 rings (SSSR count). The van der Waals surface area contributed by atoms with Crippen molar-refractivity contribution in [2.75, 3.05) is 6.54 Å². The molecule has 0 aromatic heterocycles. The van der Waals surface area contributed by atoms with Gasteiger partial charge in [0.15, 0.2) is 0 Å². The van der Waals surface area contributed by atoms with Gasteiger partial charge >= 0.3 is 0 Å². The van der Waals surface area contributed by atoms with E-state index in [2.05, 4.69) is 12.1 Å². The van der Waals surface area contributed by atoms with Gasteiger partial charge in [0.2, 0.25) is 0 Å². The van der Waals surface area contributed by atoms with E-state index in [0.717, 1.165) is 12.0 Å². The number of halogens is 2. The maximum atomic E-state index is 6.23. The Morgan fingerprint density at radius 1 is 1.00 bits per heavy atom. The zero-order valence-corrected chi connectivity index (χ0v) is 11.5. The monoisotopic (exact) mass is 279 g/mol. The molecule has 0 heterocycles. The summed E-state index contributed by atoms with van der Waals surface area (Å²) in [4.78, 5) is 0. The van der Waals surface area contributed by atoms with Gasteiger partial charge in [-0.15, -0.1) is 0 Å². The normalized spacial score (nSPS) is 12.4. The first-order valence-electron chi connectivity index (χ1n) is 5.89. The molecule has 0 aliphatic rings. The summed E-state index contributed by atoms with van der Waals surface area (Å²) in [6, 6.07) is 15.9. The lowest BCUT2D eigenvalue weighted by Gasteiger charge is -2.17. The minimum Gasteiger partial charge on any atom is -0.330 e. The van der Waals surface area contributed by atoms with Gasteiger partial charge in [0.25, 0.3) is 0 Å². The molecular formula is C15H15Cl2N. The zero-order chi connectivity index (χ0) is 13.0. The Hall–Kier alpha value is -1.02. The van der Waals surface area contributed by atoms with Crippen molar-refractivity contribution < 1.29 is 0 Å². The van der Waals surface area contributed by atoms with Crippen molar-refractivity contribution in [1.82, 2.24) is 0 Å². The average Bonchev–Trinajstić information content (AvgIpc) is 2.38. The number of rotatable bonds is 4. The van der Waals surface area contributed by atoms with Gasteiger partial charge in [-0.1, -0.05) is 59.6 Å². The molecule has 1 atom stereocenters. The molecule has 2 aromatic carbocycles. The van der Waals surface area contributed by atoms with Crippen LogP contribution in [0.15, 0.2) is 48.5 Å². The van der Waals surface area contributed by atoms with Crippen LogP contribution in [0.5, 0.6) is 0 Å². The first kappa shape index (κ1) is 13.4. The van der Waals surface area contributed by atoms with Crippen LogP contribution < -0.4 is 5.73 Å². The molecule has 0 aliphatic heterocycles. The van der Waals surface area contributed by atoms with Gasteiger partial charge < -0.3 is 5.73 Å². The van der Waals surface area contributed by atoms with E-state index in [-0.39, 0.29) is 5.92 Å². The van der Waals surface area contributed by atoms with Gasteiger partial charge in [0, 0.05) is 16.0 Å². The lowest BCUT2D eigenvalue weighted by Crippen LogP contribution is -2.15. The van der Waals surface area contributed by atoms with E-state index < -0.39 is 0 Å². The van der Waals surface area contributed by atoms with Crippen LogP contribution in [-0.4, -0.2) is 6.54 Å². The van der Waals surface area contributed by atoms with Crippen molar-refractivity contribution >= 4 is 23.2 Å². The van der Waals surface area contributed by atoms with Gasteiger partial charge in [0.05, 0.1) is 0 Å². The first-order valence-corrected chi connectivity index (χ1v) is 6.65. The minimum absolute atomic E-state index is 0.220. The molecule has 0 bridgehead atoms. The van der Waals surface area contributed by atoms with Crippen LogP contribution >= 0.6 is 23.2 Å². The van der Waals surface area contributed by atoms with E-state index in [0.29, 0.717) is 16.6 Å². The summed E-state index contributed by atoms with van der Waals surface area (Å²) in [6.07, 6.45) is 0.888. The van der Waals surface area contributed by atoms with Crippen molar-refractivity contribution in [1.29, 1.82) is 0 Å². The van der Waals surface area contributed by atoms with E-state index in [4.69, 9.17) is 28.9 Å². The molecule has 0 amide bonds. The molecule has 1 unspecified atom stereocenters. The molecule has 0 aliphatic carbocycles. The molecule has 0 saturated carbocycles. The molecular weight excluding hydrogens is 265 g/mol. The Balaban J connectivity index is 2.23.